The van der Waals surface area contributed by atoms with Crippen molar-refractivity contribution in [3.63, 3.8) is 0 Å². The van der Waals surface area contributed by atoms with Crippen molar-refractivity contribution >= 4 is 0 Å². The lowest BCUT2D eigenvalue weighted by Gasteiger charge is -2.38. The largest absolute Gasteiger partial charge is 0.393 e. The molecule has 0 spiro atoms. The first kappa shape index (κ1) is 25.6. The molecule has 6 N–H and O–H groups in total. The maximum Gasteiger partial charge on any atom is 0.160 e. The summed E-state index contributed by atoms with van der Waals surface area (Å²) in [5.74, 6) is 0. The van der Waals surface area contributed by atoms with Crippen LogP contribution in [0.2, 0.25) is 0 Å². The second kappa shape index (κ2) is 13.8. The Bertz CT molecular complexity index is 399. The number of aliphatic hydroxyl groups excluding tert-OH is 6. The van der Waals surface area contributed by atoms with Gasteiger partial charge in [-0.05, 0) is 19.3 Å². The van der Waals surface area contributed by atoms with Crippen LogP contribution in [-0.2, 0) is 18.9 Å². The van der Waals surface area contributed by atoms with Gasteiger partial charge in [-0.3, -0.25) is 0 Å². The fourth-order valence-corrected chi connectivity index (χ4v) is 3.16. The number of aliphatic hydroxyl groups is 6. The first-order valence-electron chi connectivity index (χ1n) is 9.63. The molecule has 0 aromatic carbocycles. The Balaban J connectivity index is 2.35. The summed E-state index contributed by atoms with van der Waals surface area (Å²) in [6.07, 6.45) is -7.52. The van der Waals surface area contributed by atoms with Gasteiger partial charge < -0.3 is 49.6 Å². The highest BCUT2D eigenvalue weighted by Crippen LogP contribution is 2.25. The summed E-state index contributed by atoms with van der Waals surface area (Å²) in [4.78, 5) is 0. The van der Waals surface area contributed by atoms with E-state index in [0.29, 0.717) is 19.4 Å². The van der Waals surface area contributed by atoms with Crippen molar-refractivity contribution in [1.29, 1.82) is 0 Å². The van der Waals surface area contributed by atoms with Crippen LogP contribution in [0.3, 0.4) is 0 Å². The van der Waals surface area contributed by atoms with Crippen LogP contribution in [0.4, 0.5) is 0 Å². The van der Waals surface area contributed by atoms with Gasteiger partial charge in [0.2, 0.25) is 0 Å². The fourth-order valence-electron chi connectivity index (χ4n) is 3.16. The summed E-state index contributed by atoms with van der Waals surface area (Å²) in [7, 11) is 2.93. The minimum Gasteiger partial charge on any atom is -0.393 e. The highest BCUT2D eigenvalue weighted by Gasteiger charge is 2.39. The van der Waals surface area contributed by atoms with E-state index in [0.717, 1.165) is 6.42 Å². The molecule has 0 aromatic heterocycles. The van der Waals surface area contributed by atoms with E-state index in [4.69, 9.17) is 18.9 Å². The van der Waals surface area contributed by atoms with Crippen LogP contribution in [0.1, 0.15) is 38.5 Å². The lowest BCUT2D eigenvalue weighted by Crippen LogP contribution is -2.51. The van der Waals surface area contributed by atoms with E-state index in [9.17, 15) is 30.6 Å². The molecular formula is C18H36O10. The van der Waals surface area contributed by atoms with Crippen LogP contribution >= 0.6 is 0 Å². The molecule has 10 heteroatoms. The molecule has 1 aliphatic heterocycles. The standard InChI is InChI=1S/C18H36O10/c1-25-10-27-6-4-3-5-11(19)7-12(20)17(23)13(21)8-15-18(24)14(22)9-16(26-2)28-15/h11-24H,3-10H2,1-2H3/t11-,12+,13-,14+,15+,16-,17+,18-/m0/s1. The van der Waals surface area contributed by atoms with Crippen molar-refractivity contribution in [2.45, 2.75) is 87.5 Å². The molecule has 1 saturated heterocycles. The minimum absolute atomic E-state index is 0.0954. The molecule has 0 bridgehead atoms. The zero-order chi connectivity index (χ0) is 21.1. The Morgan fingerprint density at radius 3 is 2.39 bits per heavy atom. The molecule has 168 valence electrons. The van der Waals surface area contributed by atoms with Gasteiger partial charge >= 0.3 is 0 Å². The van der Waals surface area contributed by atoms with Crippen molar-refractivity contribution in [2.24, 2.45) is 0 Å². The van der Waals surface area contributed by atoms with Crippen molar-refractivity contribution in [1.82, 2.24) is 0 Å². The lowest BCUT2D eigenvalue weighted by molar-refractivity contribution is -0.250. The number of methoxy groups -OCH3 is 2. The van der Waals surface area contributed by atoms with E-state index in [1.165, 1.54) is 14.2 Å². The van der Waals surface area contributed by atoms with Crippen molar-refractivity contribution in [2.75, 3.05) is 27.6 Å². The third-order valence-electron chi connectivity index (χ3n) is 4.85. The Kier molecular flexibility index (Phi) is 12.6. The Hall–Kier alpha value is -0.400. The Morgan fingerprint density at radius 1 is 1.04 bits per heavy atom. The first-order chi connectivity index (χ1) is 13.3. The number of hydrogen-bond donors (Lipinski definition) is 6. The summed E-state index contributed by atoms with van der Waals surface area (Å²) in [5, 5.41) is 60.2. The quantitative estimate of drug-likeness (QED) is 0.146. The number of rotatable bonds is 14. The summed E-state index contributed by atoms with van der Waals surface area (Å²) < 4.78 is 20.3. The topological polar surface area (TPSA) is 158 Å². The third kappa shape index (κ3) is 8.95. The van der Waals surface area contributed by atoms with Gasteiger partial charge in [-0.25, -0.2) is 0 Å². The van der Waals surface area contributed by atoms with Crippen molar-refractivity contribution in [3.8, 4) is 0 Å². The summed E-state index contributed by atoms with van der Waals surface area (Å²) in [5.41, 5.74) is 0. The number of hydrogen-bond acceptors (Lipinski definition) is 10. The average Bonchev–Trinajstić information content (AvgIpc) is 2.67. The SMILES string of the molecule is COCOCCCC[C@H](O)C[C@@H](O)[C@@H](O)[C@@H](O)C[C@H]1O[C@H](OC)C[C@@H](O)[C@@H]1O. The maximum absolute atomic E-state index is 10.2. The molecule has 0 amide bonds. The van der Waals surface area contributed by atoms with Gasteiger partial charge in [-0.15, -0.1) is 0 Å². The van der Waals surface area contributed by atoms with E-state index < -0.39 is 49.0 Å². The minimum atomic E-state index is -1.53. The third-order valence-corrected chi connectivity index (χ3v) is 4.85. The molecule has 1 fully saturated rings. The van der Waals surface area contributed by atoms with E-state index in [-0.39, 0.29) is 26.1 Å². The lowest BCUT2D eigenvalue weighted by atomic mass is 9.92. The summed E-state index contributed by atoms with van der Waals surface area (Å²) in [6, 6.07) is 0. The van der Waals surface area contributed by atoms with Crippen LogP contribution in [0.15, 0.2) is 0 Å². The van der Waals surface area contributed by atoms with E-state index in [2.05, 4.69) is 0 Å². The first-order valence-corrected chi connectivity index (χ1v) is 9.63. The zero-order valence-corrected chi connectivity index (χ0v) is 16.6. The molecule has 28 heavy (non-hydrogen) atoms. The molecular weight excluding hydrogens is 376 g/mol. The van der Waals surface area contributed by atoms with Crippen LogP contribution in [0.5, 0.6) is 0 Å². The molecule has 0 saturated carbocycles. The highest BCUT2D eigenvalue weighted by atomic mass is 16.7. The van der Waals surface area contributed by atoms with Gasteiger partial charge in [0.25, 0.3) is 0 Å². The Labute approximate surface area is 165 Å². The van der Waals surface area contributed by atoms with Crippen LogP contribution in [0, 0.1) is 0 Å². The van der Waals surface area contributed by atoms with E-state index in [1.54, 1.807) is 0 Å². The normalized spacial score (nSPS) is 30.0. The molecule has 1 heterocycles. The predicted molar refractivity (Wildman–Crippen MR) is 97.2 cm³/mol. The van der Waals surface area contributed by atoms with Gasteiger partial charge in [0.15, 0.2) is 6.29 Å². The second-order valence-electron chi connectivity index (χ2n) is 7.19. The monoisotopic (exact) mass is 412 g/mol. The van der Waals surface area contributed by atoms with Gasteiger partial charge in [-0.2, -0.15) is 0 Å². The molecule has 0 aromatic rings. The van der Waals surface area contributed by atoms with Crippen molar-refractivity contribution in [3.05, 3.63) is 0 Å². The zero-order valence-electron chi connectivity index (χ0n) is 16.6. The van der Waals surface area contributed by atoms with E-state index in [1.807, 2.05) is 0 Å². The second-order valence-corrected chi connectivity index (χ2v) is 7.19. The predicted octanol–water partition coefficient (Wildman–Crippen LogP) is -1.52. The Morgan fingerprint density at radius 2 is 1.75 bits per heavy atom. The molecule has 0 radical (unpaired) electrons. The average molecular weight is 412 g/mol. The molecule has 0 aliphatic carbocycles. The molecule has 1 rings (SSSR count). The molecule has 10 nitrogen and oxygen atoms in total. The van der Waals surface area contributed by atoms with Gasteiger partial charge in [0, 0.05) is 40.1 Å². The van der Waals surface area contributed by atoms with Crippen LogP contribution < -0.4 is 0 Å². The van der Waals surface area contributed by atoms with Crippen molar-refractivity contribution < 1.29 is 49.6 Å². The molecule has 8 atom stereocenters. The van der Waals surface area contributed by atoms with Gasteiger partial charge in [-0.1, -0.05) is 0 Å². The van der Waals surface area contributed by atoms with Gasteiger partial charge in [0.05, 0.1) is 30.5 Å². The van der Waals surface area contributed by atoms with E-state index >= 15 is 0 Å². The van der Waals surface area contributed by atoms with Crippen LogP contribution in [0.25, 0.3) is 0 Å². The number of ether oxygens (including phenoxy) is 4. The van der Waals surface area contributed by atoms with Crippen LogP contribution in [-0.4, -0.2) is 107 Å². The summed E-state index contributed by atoms with van der Waals surface area (Å²) in [6.45, 7) is 0.718. The molecule has 1 aliphatic rings. The molecule has 0 unspecified atom stereocenters. The number of unbranched alkanes of at least 4 members (excludes halogenated alkanes) is 1. The van der Waals surface area contributed by atoms with Gasteiger partial charge in [0.1, 0.15) is 19.0 Å². The maximum atomic E-state index is 10.2. The highest BCUT2D eigenvalue weighted by molar-refractivity contribution is 4.87. The smallest absolute Gasteiger partial charge is 0.160 e. The fraction of sp³-hybridized carbons (Fsp3) is 1.00. The summed E-state index contributed by atoms with van der Waals surface area (Å²) >= 11 is 0.